The minimum atomic E-state index is -1.13. The van der Waals surface area contributed by atoms with Crippen LogP contribution < -0.4 is 16.0 Å². The molecule has 50 heavy (non-hydrogen) atoms. The van der Waals surface area contributed by atoms with E-state index < -0.39 is 59.7 Å². The normalized spacial score (nSPS) is 23.8. The van der Waals surface area contributed by atoms with Gasteiger partial charge in [0.1, 0.15) is 41.7 Å². The van der Waals surface area contributed by atoms with Gasteiger partial charge in [-0.2, -0.15) is 0 Å². The first-order valence-electron chi connectivity index (χ1n) is 17.0. The molecule has 5 atom stereocenters. The highest BCUT2D eigenvalue weighted by atomic mass is 16.3. The molecular formula is C38H45N5O7. The van der Waals surface area contributed by atoms with Crippen LogP contribution in [0.25, 0.3) is 0 Å². The summed E-state index contributed by atoms with van der Waals surface area (Å²) < 4.78 is 0. The molecule has 2 fully saturated rings. The predicted molar refractivity (Wildman–Crippen MR) is 186 cm³/mol. The Labute approximate surface area is 291 Å². The highest BCUT2D eigenvalue weighted by Crippen LogP contribution is 2.23. The van der Waals surface area contributed by atoms with Gasteiger partial charge in [0.05, 0.1) is 0 Å². The number of hydrogen-bond acceptors (Lipinski definition) is 7. The molecule has 12 nitrogen and oxygen atoms in total. The zero-order chi connectivity index (χ0) is 35.9. The van der Waals surface area contributed by atoms with E-state index in [1.165, 1.54) is 41.1 Å². The zero-order valence-electron chi connectivity index (χ0n) is 28.5. The third-order valence-electron chi connectivity index (χ3n) is 9.46. The standard InChI is InChI=1S/C38H45N5O7/c1-23(2)33-38(50)43-19-7-10-31(43)35(47)39-29(20-25-11-15-27(44)16-12-25)34(46)40-30(21-24-8-5-4-6-9-24)37(49)42(3)32(36(48)41-33)22-26-13-17-28(45)18-14-26/h4-6,8-9,11-18,23,29-33,44-45H,7,10,19-22H2,1-3H3,(H,39,47)(H,40,46)(H,41,48)/t29-,30-,31-,32-,33-/m0/s1. The smallest absolute Gasteiger partial charge is 0.246 e. The first-order valence-corrected chi connectivity index (χ1v) is 17.0. The number of nitrogens with one attached hydrogen (secondary N) is 3. The highest BCUT2D eigenvalue weighted by molar-refractivity contribution is 5.98. The number of phenols is 2. The van der Waals surface area contributed by atoms with Crippen molar-refractivity contribution in [3.63, 3.8) is 0 Å². The topological polar surface area (TPSA) is 168 Å². The van der Waals surface area contributed by atoms with Crippen LogP contribution in [0.5, 0.6) is 11.5 Å². The van der Waals surface area contributed by atoms with E-state index in [0.29, 0.717) is 30.5 Å². The summed E-state index contributed by atoms with van der Waals surface area (Å²) >= 11 is 0. The molecule has 12 heteroatoms. The summed E-state index contributed by atoms with van der Waals surface area (Å²) in [5, 5.41) is 28.3. The number of fused-ring (bicyclic) bond motifs is 1. The fourth-order valence-corrected chi connectivity index (χ4v) is 6.57. The summed E-state index contributed by atoms with van der Waals surface area (Å²) in [6.07, 6.45) is 1.17. The molecule has 0 bridgehead atoms. The van der Waals surface area contributed by atoms with Crippen molar-refractivity contribution in [2.75, 3.05) is 13.6 Å². The summed E-state index contributed by atoms with van der Waals surface area (Å²) in [4.78, 5) is 73.5. The van der Waals surface area contributed by atoms with Crippen molar-refractivity contribution in [2.24, 2.45) is 5.92 Å². The number of carbonyl (C=O) groups is 5. The molecule has 0 spiro atoms. The van der Waals surface area contributed by atoms with Crippen LogP contribution in [0.15, 0.2) is 78.9 Å². The Morgan fingerprint density at radius 3 is 1.80 bits per heavy atom. The van der Waals surface area contributed by atoms with Gasteiger partial charge in [0, 0.05) is 32.9 Å². The molecule has 0 unspecified atom stereocenters. The Morgan fingerprint density at radius 1 is 0.660 bits per heavy atom. The van der Waals surface area contributed by atoms with E-state index in [1.54, 1.807) is 38.1 Å². The predicted octanol–water partition coefficient (Wildman–Crippen LogP) is 2.07. The molecule has 0 radical (unpaired) electrons. The van der Waals surface area contributed by atoms with E-state index in [4.69, 9.17) is 0 Å². The molecule has 2 saturated heterocycles. The van der Waals surface area contributed by atoms with Crippen molar-refractivity contribution in [1.29, 1.82) is 0 Å². The first kappa shape index (κ1) is 35.9. The van der Waals surface area contributed by atoms with Gasteiger partial charge >= 0.3 is 0 Å². The van der Waals surface area contributed by atoms with E-state index in [1.807, 2.05) is 30.3 Å². The molecule has 0 aliphatic carbocycles. The second-order valence-electron chi connectivity index (χ2n) is 13.4. The molecule has 2 aliphatic rings. The lowest BCUT2D eigenvalue weighted by atomic mass is 9.98. The van der Waals surface area contributed by atoms with Gasteiger partial charge in [-0.1, -0.05) is 68.4 Å². The third kappa shape index (κ3) is 8.60. The number of carbonyl (C=O) groups excluding carboxylic acids is 5. The summed E-state index contributed by atoms with van der Waals surface area (Å²) in [6, 6.07) is 16.5. The van der Waals surface area contributed by atoms with Crippen LogP contribution in [-0.2, 0) is 43.2 Å². The molecule has 5 N–H and O–H groups in total. The van der Waals surface area contributed by atoms with Crippen LogP contribution in [0.2, 0.25) is 0 Å². The van der Waals surface area contributed by atoms with Gasteiger partial charge in [-0.15, -0.1) is 0 Å². The number of phenolic OH excluding ortho intramolecular Hbond substituents is 2. The summed E-state index contributed by atoms with van der Waals surface area (Å²) in [5.74, 6) is -2.90. The highest BCUT2D eigenvalue weighted by Gasteiger charge is 2.42. The fraction of sp³-hybridized carbons (Fsp3) is 0.395. The van der Waals surface area contributed by atoms with Gasteiger partial charge in [-0.25, -0.2) is 0 Å². The van der Waals surface area contributed by atoms with Crippen molar-refractivity contribution in [1.82, 2.24) is 25.8 Å². The van der Waals surface area contributed by atoms with E-state index >= 15 is 0 Å². The number of likely N-dealkylation sites (N-methyl/N-ethyl adjacent to an activating group) is 1. The van der Waals surface area contributed by atoms with Gasteiger partial charge in [-0.05, 0) is 59.7 Å². The second kappa shape index (κ2) is 15.9. The molecule has 264 valence electrons. The number of rotatable bonds is 7. The third-order valence-corrected chi connectivity index (χ3v) is 9.46. The van der Waals surface area contributed by atoms with E-state index in [0.717, 1.165) is 5.56 Å². The molecular weight excluding hydrogens is 638 g/mol. The molecule has 0 saturated carbocycles. The molecule has 0 aromatic heterocycles. The van der Waals surface area contributed by atoms with Crippen LogP contribution in [-0.4, -0.2) is 93.4 Å². The number of amides is 5. The quantitative estimate of drug-likeness (QED) is 0.254. The summed E-state index contributed by atoms with van der Waals surface area (Å²) in [6.45, 7) is 3.91. The van der Waals surface area contributed by atoms with E-state index in [2.05, 4.69) is 16.0 Å². The lowest BCUT2D eigenvalue weighted by Gasteiger charge is -2.34. The first-order chi connectivity index (χ1) is 23.9. The number of benzene rings is 3. The molecule has 3 aromatic rings. The molecule has 2 aliphatic heterocycles. The van der Waals surface area contributed by atoms with Gasteiger partial charge < -0.3 is 36.0 Å². The Balaban J connectivity index is 1.58. The van der Waals surface area contributed by atoms with E-state index in [9.17, 15) is 34.2 Å². The van der Waals surface area contributed by atoms with Gasteiger partial charge in [0.15, 0.2) is 0 Å². The average molecular weight is 684 g/mol. The van der Waals surface area contributed by atoms with Crippen molar-refractivity contribution in [2.45, 2.75) is 76.2 Å². The maximum absolute atomic E-state index is 14.4. The molecule has 3 aromatic carbocycles. The zero-order valence-corrected chi connectivity index (χ0v) is 28.5. The Hall–Kier alpha value is -5.39. The summed E-state index contributed by atoms with van der Waals surface area (Å²) in [7, 11) is 1.49. The Bertz CT molecular complexity index is 1680. The lowest BCUT2D eigenvalue weighted by Crippen LogP contribution is -2.59. The fourth-order valence-electron chi connectivity index (χ4n) is 6.57. The molecule has 5 rings (SSSR count). The van der Waals surface area contributed by atoms with Crippen LogP contribution in [0.1, 0.15) is 43.4 Å². The van der Waals surface area contributed by atoms with Crippen molar-refractivity contribution >= 4 is 29.5 Å². The van der Waals surface area contributed by atoms with Crippen molar-refractivity contribution in [3.05, 3.63) is 95.6 Å². The maximum Gasteiger partial charge on any atom is 0.246 e. The Kier molecular flexibility index (Phi) is 11.4. The SMILES string of the molecule is CC(C)[C@@H]1NC(=O)[C@H](Cc2ccc(O)cc2)N(C)C(=O)[C@H](Cc2ccccc2)NC(=O)[C@H](Cc2ccc(O)cc2)NC(=O)[C@@H]2CCCN2C1=O. The monoisotopic (exact) mass is 683 g/mol. The van der Waals surface area contributed by atoms with Crippen LogP contribution >= 0.6 is 0 Å². The van der Waals surface area contributed by atoms with Gasteiger partial charge in [-0.3, -0.25) is 24.0 Å². The minimum Gasteiger partial charge on any atom is -0.508 e. The van der Waals surface area contributed by atoms with Crippen LogP contribution in [0, 0.1) is 5.92 Å². The van der Waals surface area contributed by atoms with Crippen molar-refractivity contribution < 1.29 is 34.2 Å². The lowest BCUT2D eigenvalue weighted by molar-refractivity contribution is -0.144. The average Bonchev–Trinajstić information content (AvgIpc) is 3.60. The number of aromatic hydroxyl groups is 2. The van der Waals surface area contributed by atoms with E-state index in [-0.39, 0.29) is 36.7 Å². The van der Waals surface area contributed by atoms with Crippen molar-refractivity contribution in [3.8, 4) is 11.5 Å². The van der Waals surface area contributed by atoms with Gasteiger partial charge in [0.25, 0.3) is 0 Å². The van der Waals surface area contributed by atoms with Crippen LogP contribution in [0.4, 0.5) is 0 Å². The number of hydrogen-bond donors (Lipinski definition) is 5. The summed E-state index contributed by atoms with van der Waals surface area (Å²) in [5.41, 5.74) is 2.09. The maximum atomic E-state index is 14.4. The second-order valence-corrected chi connectivity index (χ2v) is 13.4. The minimum absolute atomic E-state index is 0.0469. The molecule has 2 heterocycles. The Morgan fingerprint density at radius 2 is 1.20 bits per heavy atom. The van der Waals surface area contributed by atoms with Gasteiger partial charge in [0.2, 0.25) is 29.5 Å². The van der Waals surface area contributed by atoms with Crippen LogP contribution in [0.3, 0.4) is 0 Å². The molecule has 5 amide bonds. The number of nitrogens with zero attached hydrogens (tertiary/aromatic N) is 2. The largest absolute Gasteiger partial charge is 0.508 e.